The number of halogens is 5. The fourth-order valence-corrected chi connectivity index (χ4v) is 3.48. The number of hydrogen-bond acceptors (Lipinski definition) is 3. The third-order valence-corrected chi connectivity index (χ3v) is 4.64. The van der Waals surface area contributed by atoms with Crippen molar-refractivity contribution < 1.29 is 22.3 Å². The predicted octanol–water partition coefficient (Wildman–Crippen LogP) is 3.37. The van der Waals surface area contributed by atoms with Gasteiger partial charge in [-0.2, -0.15) is 13.2 Å². The number of alkyl halides is 3. The highest BCUT2D eigenvalue weighted by Crippen LogP contribution is 2.36. The molecule has 0 aromatic heterocycles. The van der Waals surface area contributed by atoms with Crippen LogP contribution in [0.3, 0.4) is 0 Å². The highest BCUT2D eigenvalue weighted by Gasteiger charge is 2.40. The standard InChI is InChI=1S/C16H20F4N2O.ClH/c17-13-7-12(1-2-14(13)23-11-16(18,19)20)8-22-6-4-15(10-22)3-5-21-9-15;/h1-2,7,21H,3-6,8-11H2;1H. The number of likely N-dealkylation sites (tertiary alicyclic amines) is 1. The third-order valence-electron chi connectivity index (χ3n) is 4.64. The van der Waals surface area contributed by atoms with E-state index in [0.717, 1.165) is 38.2 Å². The van der Waals surface area contributed by atoms with E-state index >= 15 is 0 Å². The summed E-state index contributed by atoms with van der Waals surface area (Å²) < 4.78 is 54.7. The van der Waals surface area contributed by atoms with Gasteiger partial charge in [-0.1, -0.05) is 6.07 Å². The van der Waals surface area contributed by atoms with E-state index in [4.69, 9.17) is 0 Å². The Morgan fingerprint density at radius 1 is 1.25 bits per heavy atom. The van der Waals surface area contributed by atoms with Crippen LogP contribution in [0, 0.1) is 11.2 Å². The van der Waals surface area contributed by atoms with Crippen molar-refractivity contribution in [3.05, 3.63) is 29.6 Å². The van der Waals surface area contributed by atoms with Crippen LogP contribution < -0.4 is 10.1 Å². The SMILES string of the molecule is Cl.Fc1cc(CN2CCC3(CCNC3)C2)ccc1OCC(F)(F)F. The Bertz CT molecular complexity index is 561. The molecule has 1 atom stereocenters. The fraction of sp³-hybridized carbons (Fsp3) is 0.625. The van der Waals surface area contributed by atoms with E-state index in [1.165, 1.54) is 18.6 Å². The molecule has 1 aromatic carbocycles. The smallest absolute Gasteiger partial charge is 0.422 e. The molecule has 0 aliphatic carbocycles. The molecule has 2 aliphatic heterocycles. The zero-order chi connectivity index (χ0) is 16.5. The van der Waals surface area contributed by atoms with Crippen LogP contribution in [-0.2, 0) is 6.54 Å². The minimum absolute atomic E-state index is 0. The molecule has 0 amide bonds. The van der Waals surface area contributed by atoms with E-state index in [1.807, 2.05) is 0 Å². The van der Waals surface area contributed by atoms with Gasteiger partial charge in [-0.3, -0.25) is 4.90 Å². The van der Waals surface area contributed by atoms with Gasteiger partial charge in [0.2, 0.25) is 0 Å². The van der Waals surface area contributed by atoms with Crippen LogP contribution in [0.1, 0.15) is 18.4 Å². The Kier molecular flexibility index (Phi) is 5.99. The van der Waals surface area contributed by atoms with Crippen LogP contribution >= 0.6 is 12.4 Å². The lowest BCUT2D eigenvalue weighted by Crippen LogP contribution is -2.29. The summed E-state index contributed by atoms with van der Waals surface area (Å²) in [6.45, 7) is 3.16. The molecule has 0 radical (unpaired) electrons. The number of benzene rings is 1. The maximum absolute atomic E-state index is 13.9. The monoisotopic (exact) mass is 368 g/mol. The molecule has 1 spiro atoms. The minimum atomic E-state index is -4.47. The highest BCUT2D eigenvalue weighted by atomic mass is 35.5. The van der Waals surface area contributed by atoms with Crippen LogP contribution in [0.5, 0.6) is 5.75 Å². The highest BCUT2D eigenvalue weighted by molar-refractivity contribution is 5.85. The summed E-state index contributed by atoms with van der Waals surface area (Å²) in [4.78, 5) is 2.28. The zero-order valence-corrected chi connectivity index (χ0v) is 14.0. The van der Waals surface area contributed by atoms with Gasteiger partial charge in [0, 0.05) is 19.6 Å². The van der Waals surface area contributed by atoms with Gasteiger partial charge in [-0.25, -0.2) is 4.39 Å². The van der Waals surface area contributed by atoms with Crippen molar-refractivity contribution in [3.8, 4) is 5.75 Å². The second kappa shape index (κ2) is 7.45. The number of nitrogens with zero attached hydrogens (tertiary/aromatic N) is 1. The predicted molar refractivity (Wildman–Crippen MR) is 85.0 cm³/mol. The van der Waals surface area contributed by atoms with E-state index in [1.54, 1.807) is 6.07 Å². The van der Waals surface area contributed by atoms with Gasteiger partial charge in [0.25, 0.3) is 0 Å². The van der Waals surface area contributed by atoms with Crippen LogP contribution in [-0.4, -0.2) is 43.9 Å². The van der Waals surface area contributed by atoms with Crippen molar-refractivity contribution in [2.24, 2.45) is 5.41 Å². The molecule has 0 bridgehead atoms. The van der Waals surface area contributed by atoms with Crippen LogP contribution in [0.15, 0.2) is 18.2 Å². The molecular formula is C16H21ClF4N2O. The van der Waals surface area contributed by atoms with Crippen LogP contribution in [0.25, 0.3) is 0 Å². The Balaban J connectivity index is 0.00000208. The average molecular weight is 369 g/mol. The lowest BCUT2D eigenvalue weighted by Gasteiger charge is -2.23. The van der Waals surface area contributed by atoms with E-state index in [0.29, 0.717) is 12.0 Å². The maximum atomic E-state index is 13.9. The topological polar surface area (TPSA) is 24.5 Å². The normalized spacial score (nSPS) is 24.3. The molecule has 3 nitrogen and oxygen atoms in total. The molecule has 136 valence electrons. The molecule has 2 fully saturated rings. The van der Waals surface area contributed by atoms with Gasteiger partial charge in [0.1, 0.15) is 0 Å². The van der Waals surface area contributed by atoms with Gasteiger partial charge in [-0.05, 0) is 49.0 Å². The first-order valence-corrected chi connectivity index (χ1v) is 7.76. The third kappa shape index (κ3) is 4.74. The molecule has 1 N–H and O–H groups in total. The largest absolute Gasteiger partial charge is 0.481 e. The molecule has 3 rings (SSSR count). The Morgan fingerprint density at radius 3 is 2.67 bits per heavy atom. The molecule has 2 saturated heterocycles. The summed E-state index contributed by atoms with van der Waals surface area (Å²) in [7, 11) is 0. The molecule has 2 heterocycles. The second-order valence-electron chi connectivity index (χ2n) is 6.56. The van der Waals surface area contributed by atoms with Crippen molar-refractivity contribution in [2.75, 3.05) is 32.8 Å². The molecule has 1 aromatic rings. The van der Waals surface area contributed by atoms with Gasteiger partial charge >= 0.3 is 6.18 Å². The van der Waals surface area contributed by atoms with E-state index in [-0.39, 0.29) is 18.2 Å². The Morgan fingerprint density at radius 2 is 2.04 bits per heavy atom. The first kappa shape index (κ1) is 19.3. The van der Waals surface area contributed by atoms with Gasteiger partial charge in [0.15, 0.2) is 18.2 Å². The van der Waals surface area contributed by atoms with Crippen molar-refractivity contribution in [1.82, 2.24) is 10.2 Å². The summed E-state index contributed by atoms with van der Waals surface area (Å²) in [5.41, 5.74) is 1.10. The van der Waals surface area contributed by atoms with Gasteiger partial charge in [-0.15, -0.1) is 12.4 Å². The fourth-order valence-electron chi connectivity index (χ4n) is 3.48. The van der Waals surface area contributed by atoms with E-state index < -0.39 is 18.6 Å². The molecular weight excluding hydrogens is 348 g/mol. The van der Waals surface area contributed by atoms with E-state index in [9.17, 15) is 17.6 Å². The Hall–Kier alpha value is -1.05. The van der Waals surface area contributed by atoms with Crippen molar-refractivity contribution >= 4 is 12.4 Å². The molecule has 24 heavy (non-hydrogen) atoms. The molecule has 2 aliphatic rings. The molecule has 1 unspecified atom stereocenters. The van der Waals surface area contributed by atoms with Crippen LogP contribution in [0.4, 0.5) is 17.6 Å². The first-order valence-electron chi connectivity index (χ1n) is 7.76. The summed E-state index contributed by atoms with van der Waals surface area (Å²) in [5, 5.41) is 3.39. The summed E-state index contributed by atoms with van der Waals surface area (Å²) in [5.74, 6) is -1.10. The number of hydrogen-bond donors (Lipinski definition) is 1. The summed E-state index contributed by atoms with van der Waals surface area (Å²) >= 11 is 0. The number of nitrogens with one attached hydrogen (secondary N) is 1. The zero-order valence-electron chi connectivity index (χ0n) is 13.2. The minimum Gasteiger partial charge on any atom is -0.481 e. The van der Waals surface area contributed by atoms with Crippen molar-refractivity contribution in [3.63, 3.8) is 0 Å². The lowest BCUT2D eigenvalue weighted by atomic mass is 9.86. The average Bonchev–Trinajstić information content (AvgIpc) is 3.08. The summed E-state index contributed by atoms with van der Waals surface area (Å²) in [6.07, 6.45) is -2.17. The maximum Gasteiger partial charge on any atom is 0.422 e. The van der Waals surface area contributed by atoms with Crippen molar-refractivity contribution in [1.29, 1.82) is 0 Å². The molecule has 0 saturated carbocycles. The van der Waals surface area contributed by atoms with E-state index in [2.05, 4.69) is 15.0 Å². The van der Waals surface area contributed by atoms with Gasteiger partial charge < -0.3 is 10.1 Å². The first-order chi connectivity index (χ1) is 10.9. The Labute approximate surface area is 144 Å². The quantitative estimate of drug-likeness (QED) is 0.825. The lowest BCUT2D eigenvalue weighted by molar-refractivity contribution is -0.153. The van der Waals surface area contributed by atoms with Crippen molar-refractivity contribution in [2.45, 2.75) is 25.6 Å². The summed E-state index contributed by atoms with van der Waals surface area (Å²) in [6, 6.07) is 4.18. The van der Waals surface area contributed by atoms with Crippen LogP contribution in [0.2, 0.25) is 0 Å². The number of ether oxygens (including phenoxy) is 1. The number of rotatable bonds is 4. The van der Waals surface area contributed by atoms with Gasteiger partial charge in [0.05, 0.1) is 0 Å². The second-order valence-corrected chi connectivity index (χ2v) is 6.56. The molecule has 8 heteroatoms.